The summed E-state index contributed by atoms with van der Waals surface area (Å²) in [6, 6.07) is 16.9. The van der Waals surface area contributed by atoms with Crippen LogP contribution in [0.5, 0.6) is 11.5 Å². The fourth-order valence-electron chi connectivity index (χ4n) is 4.20. The number of hydrogen-bond acceptors (Lipinski definition) is 6. The van der Waals surface area contributed by atoms with Crippen LogP contribution < -0.4 is 9.47 Å². The molecular weight excluding hydrogens is 468 g/mol. The van der Waals surface area contributed by atoms with Crippen molar-refractivity contribution in [2.45, 2.75) is 32.4 Å². The van der Waals surface area contributed by atoms with Crippen molar-refractivity contribution in [3.63, 3.8) is 0 Å². The average Bonchev–Trinajstić information content (AvgIpc) is 3.17. The van der Waals surface area contributed by atoms with Gasteiger partial charge in [0.15, 0.2) is 0 Å². The first-order valence-electron chi connectivity index (χ1n) is 12.3. The number of nitrogens with zero attached hydrogens (tertiary/aromatic N) is 2. The molecule has 1 fully saturated rings. The maximum absolute atomic E-state index is 13.3. The molecule has 1 unspecified atom stereocenters. The Hall–Kier alpha value is -4.39. The molecule has 190 valence electrons. The molecule has 1 amide bonds. The molecule has 0 saturated carbocycles. The second kappa shape index (κ2) is 12.0. The molecule has 1 saturated heterocycles. The quantitative estimate of drug-likeness (QED) is 0.124. The number of unbranched alkanes of at least 4 members (excludes halogenated alkanes) is 1. The number of likely N-dealkylation sites (tertiary alicyclic amines) is 1. The van der Waals surface area contributed by atoms with Crippen LogP contribution in [0.1, 0.15) is 42.5 Å². The molecule has 1 N–H and O–H groups in total. The van der Waals surface area contributed by atoms with Crippen molar-refractivity contribution in [1.29, 1.82) is 0 Å². The van der Waals surface area contributed by atoms with E-state index in [0.29, 0.717) is 35.8 Å². The number of ketones is 1. The molecule has 3 aromatic rings. The predicted molar refractivity (Wildman–Crippen MR) is 141 cm³/mol. The van der Waals surface area contributed by atoms with E-state index in [1.54, 1.807) is 79.1 Å². The summed E-state index contributed by atoms with van der Waals surface area (Å²) < 4.78 is 11.4. The van der Waals surface area contributed by atoms with Gasteiger partial charge in [0.1, 0.15) is 23.9 Å². The summed E-state index contributed by atoms with van der Waals surface area (Å²) in [5.74, 6) is -0.435. The summed E-state index contributed by atoms with van der Waals surface area (Å²) in [7, 11) is 0. The van der Waals surface area contributed by atoms with Crippen molar-refractivity contribution < 1.29 is 24.2 Å². The van der Waals surface area contributed by atoms with Gasteiger partial charge in [-0.3, -0.25) is 14.6 Å². The molecule has 7 heteroatoms. The Bertz CT molecular complexity index is 1280. The Morgan fingerprint density at radius 1 is 1.05 bits per heavy atom. The molecule has 0 radical (unpaired) electrons. The highest BCUT2D eigenvalue weighted by Crippen LogP contribution is 2.41. The van der Waals surface area contributed by atoms with Gasteiger partial charge in [-0.15, -0.1) is 0 Å². The summed E-state index contributed by atoms with van der Waals surface area (Å²) in [5.41, 5.74) is 1.94. The van der Waals surface area contributed by atoms with E-state index in [1.807, 2.05) is 0 Å². The van der Waals surface area contributed by atoms with Gasteiger partial charge in [0, 0.05) is 24.5 Å². The number of pyridine rings is 1. The minimum Gasteiger partial charge on any atom is -0.507 e. The fourth-order valence-corrected chi connectivity index (χ4v) is 4.20. The predicted octanol–water partition coefficient (Wildman–Crippen LogP) is 5.45. The summed E-state index contributed by atoms with van der Waals surface area (Å²) in [6.45, 7) is 6.83. The van der Waals surface area contributed by atoms with Crippen LogP contribution in [0.3, 0.4) is 0 Å². The molecule has 0 bridgehead atoms. The van der Waals surface area contributed by atoms with Crippen molar-refractivity contribution in [3.05, 3.63) is 108 Å². The van der Waals surface area contributed by atoms with Crippen LogP contribution in [0, 0.1) is 0 Å². The zero-order valence-electron chi connectivity index (χ0n) is 20.8. The van der Waals surface area contributed by atoms with Crippen LogP contribution in [0.2, 0.25) is 0 Å². The minimum absolute atomic E-state index is 0.0320. The molecule has 4 rings (SSSR count). The van der Waals surface area contributed by atoms with Crippen LogP contribution in [0.15, 0.2) is 91.3 Å². The Morgan fingerprint density at radius 2 is 1.81 bits per heavy atom. The van der Waals surface area contributed by atoms with Gasteiger partial charge in [-0.25, -0.2) is 0 Å². The smallest absolute Gasteiger partial charge is 0.295 e. The summed E-state index contributed by atoms with van der Waals surface area (Å²) in [4.78, 5) is 32.1. The molecular formula is C30H30N2O5. The largest absolute Gasteiger partial charge is 0.507 e. The third-order valence-corrected chi connectivity index (χ3v) is 6.08. The molecule has 1 atom stereocenters. The molecule has 2 heterocycles. The van der Waals surface area contributed by atoms with E-state index in [4.69, 9.17) is 9.47 Å². The van der Waals surface area contributed by atoms with Gasteiger partial charge in [0.2, 0.25) is 0 Å². The van der Waals surface area contributed by atoms with Crippen LogP contribution >= 0.6 is 0 Å². The molecule has 37 heavy (non-hydrogen) atoms. The third kappa shape index (κ3) is 5.89. The normalized spacial score (nSPS) is 16.6. The zero-order chi connectivity index (χ0) is 26.2. The van der Waals surface area contributed by atoms with Gasteiger partial charge >= 0.3 is 0 Å². The number of rotatable bonds is 11. The Morgan fingerprint density at radius 3 is 2.51 bits per heavy atom. The van der Waals surface area contributed by atoms with Crippen LogP contribution in [-0.4, -0.2) is 39.9 Å². The molecule has 2 aromatic carbocycles. The zero-order valence-corrected chi connectivity index (χ0v) is 20.8. The first-order valence-corrected chi connectivity index (χ1v) is 12.3. The molecule has 0 spiro atoms. The van der Waals surface area contributed by atoms with Crippen molar-refractivity contribution in [2.24, 2.45) is 0 Å². The maximum Gasteiger partial charge on any atom is 0.295 e. The van der Waals surface area contributed by atoms with Gasteiger partial charge < -0.3 is 19.5 Å². The topological polar surface area (TPSA) is 89.0 Å². The number of amides is 1. The number of aliphatic hydroxyl groups is 1. The number of carbonyl (C=O) groups is 2. The summed E-state index contributed by atoms with van der Waals surface area (Å²) in [5, 5.41) is 11.4. The van der Waals surface area contributed by atoms with Gasteiger partial charge in [-0.2, -0.15) is 0 Å². The first kappa shape index (κ1) is 25.7. The van der Waals surface area contributed by atoms with Crippen LogP contribution in [0.25, 0.3) is 5.76 Å². The minimum atomic E-state index is -0.786. The highest BCUT2D eigenvalue weighted by atomic mass is 16.5. The molecule has 1 aliphatic rings. The van der Waals surface area contributed by atoms with Gasteiger partial charge in [0.25, 0.3) is 11.7 Å². The van der Waals surface area contributed by atoms with E-state index in [-0.39, 0.29) is 17.9 Å². The van der Waals surface area contributed by atoms with E-state index in [0.717, 1.165) is 18.4 Å². The number of aliphatic hydroxyl groups excluding tert-OH is 1. The monoisotopic (exact) mass is 498 g/mol. The van der Waals surface area contributed by atoms with Gasteiger partial charge in [-0.1, -0.05) is 50.3 Å². The van der Waals surface area contributed by atoms with Crippen molar-refractivity contribution in [3.8, 4) is 11.5 Å². The molecule has 1 aliphatic heterocycles. The van der Waals surface area contributed by atoms with Crippen molar-refractivity contribution >= 4 is 17.4 Å². The van der Waals surface area contributed by atoms with Gasteiger partial charge in [0.05, 0.1) is 18.2 Å². The SMILES string of the molecule is C=CCOc1ccc(C2C(=C(O)c3cccc(OCCCC)c3)C(=O)C(=O)N2Cc2ccncc2)cc1. The highest BCUT2D eigenvalue weighted by Gasteiger charge is 2.46. The van der Waals surface area contributed by atoms with E-state index < -0.39 is 17.7 Å². The van der Waals surface area contributed by atoms with Crippen molar-refractivity contribution in [2.75, 3.05) is 13.2 Å². The lowest BCUT2D eigenvalue weighted by atomic mass is 9.95. The van der Waals surface area contributed by atoms with E-state index in [1.165, 1.54) is 4.90 Å². The molecule has 0 aliphatic carbocycles. The number of ether oxygens (including phenoxy) is 2. The molecule has 1 aromatic heterocycles. The Balaban J connectivity index is 1.76. The fraction of sp³-hybridized carbons (Fsp3) is 0.233. The standard InChI is InChI=1S/C30H30N2O5/c1-3-5-18-37-25-8-6-7-23(19-25)28(33)26-27(22-9-11-24(12-10-22)36-17-4-2)32(30(35)29(26)34)20-21-13-15-31-16-14-21/h4,6-16,19,27,33H,2-3,5,17-18,20H2,1H3. The number of aromatic nitrogens is 1. The highest BCUT2D eigenvalue weighted by molar-refractivity contribution is 6.46. The first-order chi connectivity index (χ1) is 18.0. The van der Waals surface area contributed by atoms with Crippen molar-refractivity contribution in [1.82, 2.24) is 9.88 Å². The third-order valence-electron chi connectivity index (χ3n) is 6.08. The van der Waals surface area contributed by atoms with E-state index in [9.17, 15) is 14.7 Å². The van der Waals surface area contributed by atoms with Crippen LogP contribution in [0.4, 0.5) is 0 Å². The number of carbonyl (C=O) groups excluding carboxylic acids is 2. The number of Topliss-reactive ketones (excluding diaryl/α,β-unsaturated/α-hetero) is 1. The second-order valence-electron chi connectivity index (χ2n) is 8.68. The number of hydrogen-bond donors (Lipinski definition) is 1. The lowest BCUT2D eigenvalue weighted by Crippen LogP contribution is -2.29. The lowest BCUT2D eigenvalue weighted by Gasteiger charge is -2.25. The number of benzene rings is 2. The lowest BCUT2D eigenvalue weighted by molar-refractivity contribution is -0.140. The summed E-state index contributed by atoms with van der Waals surface area (Å²) >= 11 is 0. The van der Waals surface area contributed by atoms with E-state index in [2.05, 4.69) is 18.5 Å². The Kier molecular flexibility index (Phi) is 8.36. The average molecular weight is 499 g/mol. The maximum atomic E-state index is 13.3. The van der Waals surface area contributed by atoms with Gasteiger partial charge in [-0.05, 0) is 53.9 Å². The Labute approximate surface area is 216 Å². The van der Waals surface area contributed by atoms with Crippen LogP contribution in [-0.2, 0) is 16.1 Å². The summed E-state index contributed by atoms with van der Waals surface area (Å²) in [6.07, 6.45) is 6.83. The van der Waals surface area contributed by atoms with E-state index >= 15 is 0 Å². The second-order valence-corrected chi connectivity index (χ2v) is 8.68. The molecule has 7 nitrogen and oxygen atoms in total.